The Morgan fingerprint density at radius 3 is 2.71 bits per heavy atom. The second-order valence-corrected chi connectivity index (χ2v) is 5.42. The fourth-order valence-corrected chi connectivity index (χ4v) is 2.31. The summed E-state index contributed by atoms with van der Waals surface area (Å²) in [5, 5.41) is -0.0623. The molecule has 1 rings (SSSR count). The van der Waals surface area contributed by atoms with Gasteiger partial charge in [0.2, 0.25) is 0 Å². The molecule has 1 aromatic rings. The number of hydrogen-bond donors (Lipinski definition) is 1. The van der Waals surface area contributed by atoms with Gasteiger partial charge in [-0.3, -0.25) is 9.19 Å². The van der Waals surface area contributed by atoms with Crippen molar-refractivity contribution >= 4 is 10.8 Å². The van der Waals surface area contributed by atoms with Crippen LogP contribution in [-0.2, 0) is 16.6 Å². The molecule has 1 heterocycles. The van der Waals surface area contributed by atoms with Crippen LogP contribution in [0.1, 0.15) is 12.6 Å². The number of hydrogen-bond acceptors (Lipinski definition) is 5. The van der Waals surface area contributed by atoms with Crippen molar-refractivity contribution in [1.82, 2.24) is 4.98 Å². The maximum absolute atomic E-state index is 11.9. The number of rotatable bonds is 6. The molecular weight excluding hydrogens is 240 g/mol. The van der Waals surface area contributed by atoms with Crippen molar-refractivity contribution in [3.63, 3.8) is 0 Å². The van der Waals surface area contributed by atoms with Crippen LogP contribution in [0.25, 0.3) is 0 Å². The van der Waals surface area contributed by atoms with E-state index < -0.39 is 10.8 Å². The van der Waals surface area contributed by atoms with Gasteiger partial charge in [0.05, 0.1) is 25.7 Å². The highest BCUT2D eigenvalue weighted by atomic mass is 32.2. The first kappa shape index (κ1) is 13.9. The SMILES string of the molecule is COc1ccnc(CS(=O)C(C)CN)c1OC. The van der Waals surface area contributed by atoms with E-state index in [1.165, 1.54) is 7.11 Å². The Balaban J connectivity index is 2.94. The van der Waals surface area contributed by atoms with Crippen molar-refractivity contribution in [2.75, 3.05) is 20.8 Å². The third-order valence-corrected chi connectivity index (χ3v) is 4.07. The zero-order chi connectivity index (χ0) is 12.8. The topological polar surface area (TPSA) is 74.4 Å². The van der Waals surface area contributed by atoms with Crippen LogP contribution >= 0.6 is 0 Å². The van der Waals surface area contributed by atoms with E-state index in [0.717, 1.165) is 0 Å². The van der Waals surface area contributed by atoms with Crippen LogP contribution < -0.4 is 15.2 Å². The van der Waals surface area contributed by atoms with Crippen molar-refractivity contribution < 1.29 is 13.7 Å². The first-order valence-corrected chi connectivity index (χ1v) is 6.65. The third-order valence-electron chi connectivity index (χ3n) is 2.43. The molecule has 2 atom stereocenters. The predicted octanol–water partition coefficient (Wildman–Crippen LogP) is 0.695. The van der Waals surface area contributed by atoms with Gasteiger partial charge in [0.15, 0.2) is 11.5 Å². The summed E-state index contributed by atoms with van der Waals surface area (Å²) in [6.07, 6.45) is 1.61. The fourth-order valence-electron chi connectivity index (χ4n) is 1.34. The minimum absolute atomic E-state index is 0.0623. The third kappa shape index (κ3) is 3.41. The molecule has 0 bridgehead atoms. The lowest BCUT2D eigenvalue weighted by molar-refractivity contribution is 0.350. The predicted molar refractivity (Wildman–Crippen MR) is 67.7 cm³/mol. The molecule has 0 saturated carbocycles. The molecule has 6 heteroatoms. The Morgan fingerprint density at radius 2 is 2.18 bits per heavy atom. The molecule has 5 nitrogen and oxygen atoms in total. The molecule has 0 saturated heterocycles. The number of nitrogens with two attached hydrogens (primary N) is 1. The van der Waals surface area contributed by atoms with Crippen molar-refractivity contribution in [3.8, 4) is 11.5 Å². The van der Waals surface area contributed by atoms with Crippen LogP contribution in [0.2, 0.25) is 0 Å². The van der Waals surface area contributed by atoms with E-state index in [9.17, 15) is 4.21 Å². The zero-order valence-electron chi connectivity index (χ0n) is 10.3. The summed E-state index contributed by atoms with van der Waals surface area (Å²) in [7, 11) is 2.04. The lowest BCUT2D eigenvalue weighted by atomic mass is 10.3. The van der Waals surface area contributed by atoms with Crippen LogP contribution in [-0.4, -0.2) is 35.2 Å². The van der Waals surface area contributed by atoms with E-state index in [4.69, 9.17) is 15.2 Å². The molecular formula is C11H18N2O3S. The number of ether oxygens (including phenoxy) is 2. The van der Waals surface area contributed by atoms with Gasteiger partial charge in [-0.15, -0.1) is 0 Å². The summed E-state index contributed by atoms with van der Waals surface area (Å²) in [5.41, 5.74) is 6.11. The molecule has 1 aromatic heterocycles. The van der Waals surface area contributed by atoms with Crippen LogP contribution in [0.4, 0.5) is 0 Å². The average molecular weight is 258 g/mol. The van der Waals surface area contributed by atoms with E-state index in [0.29, 0.717) is 29.5 Å². The minimum atomic E-state index is -1.06. The van der Waals surface area contributed by atoms with Gasteiger partial charge in [-0.25, -0.2) is 0 Å². The number of nitrogens with zero attached hydrogens (tertiary/aromatic N) is 1. The summed E-state index contributed by atoms with van der Waals surface area (Å²) in [6.45, 7) is 2.24. The Morgan fingerprint density at radius 1 is 1.47 bits per heavy atom. The molecule has 17 heavy (non-hydrogen) atoms. The van der Waals surface area contributed by atoms with E-state index >= 15 is 0 Å². The molecule has 0 amide bonds. The Kier molecular flexibility index (Phi) is 5.37. The number of pyridine rings is 1. The van der Waals surface area contributed by atoms with Crippen molar-refractivity contribution in [3.05, 3.63) is 18.0 Å². The summed E-state index contributed by atoms with van der Waals surface area (Å²) in [5.74, 6) is 1.45. The van der Waals surface area contributed by atoms with Gasteiger partial charge in [-0.1, -0.05) is 0 Å². The highest BCUT2D eigenvalue weighted by molar-refractivity contribution is 7.84. The summed E-state index contributed by atoms with van der Waals surface area (Å²) >= 11 is 0. The smallest absolute Gasteiger partial charge is 0.183 e. The Labute approximate surface area is 104 Å². The maximum Gasteiger partial charge on any atom is 0.183 e. The van der Waals surface area contributed by atoms with Crippen LogP contribution in [0.15, 0.2) is 12.3 Å². The molecule has 2 unspecified atom stereocenters. The van der Waals surface area contributed by atoms with Gasteiger partial charge in [0.25, 0.3) is 0 Å². The molecule has 0 aliphatic heterocycles. The molecule has 0 aliphatic rings. The molecule has 0 aliphatic carbocycles. The van der Waals surface area contributed by atoms with Gasteiger partial charge < -0.3 is 15.2 Å². The highest BCUT2D eigenvalue weighted by Gasteiger charge is 2.16. The average Bonchev–Trinajstić information content (AvgIpc) is 2.37. The molecule has 0 aromatic carbocycles. The number of aromatic nitrogens is 1. The lowest BCUT2D eigenvalue weighted by Gasteiger charge is -2.13. The van der Waals surface area contributed by atoms with Crippen molar-refractivity contribution in [2.45, 2.75) is 17.9 Å². The lowest BCUT2D eigenvalue weighted by Crippen LogP contribution is -2.23. The fraction of sp³-hybridized carbons (Fsp3) is 0.545. The first-order chi connectivity index (χ1) is 8.13. The van der Waals surface area contributed by atoms with Crippen molar-refractivity contribution in [2.24, 2.45) is 5.73 Å². The summed E-state index contributed by atoms with van der Waals surface area (Å²) in [6, 6.07) is 1.71. The molecule has 0 spiro atoms. The quantitative estimate of drug-likeness (QED) is 0.812. The van der Waals surface area contributed by atoms with Gasteiger partial charge in [-0.05, 0) is 6.92 Å². The van der Waals surface area contributed by atoms with Gasteiger partial charge in [0.1, 0.15) is 0 Å². The Bertz CT molecular complexity index is 398. The van der Waals surface area contributed by atoms with Gasteiger partial charge >= 0.3 is 0 Å². The standard InChI is InChI=1S/C11H18N2O3S/c1-8(6-12)17(14)7-9-11(16-3)10(15-2)4-5-13-9/h4-5,8H,6-7,12H2,1-3H3. The summed E-state index contributed by atoms with van der Waals surface area (Å²) < 4.78 is 22.3. The Hall–Kier alpha value is -1.14. The monoisotopic (exact) mass is 258 g/mol. The molecule has 0 radical (unpaired) electrons. The van der Waals surface area contributed by atoms with E-state index in [1.807, 2.05) is 6.92 Å². The maximum atomic E-state index is 11.9. The van der Waals surface area contributed by atoms with Gasteiger partial charge in [0, 0.05) is 34.9 Å². The zero-order valence-corrected chi connectivity index (χ0v) is 11.1. The van der Waals surface area contributed by atoms with Crippen molar-refractivity contribution in [1.29, 1.82) is 0 Å². The van der Waals surface area contributed by atoms with E-state index in [-0.39, 0.29) is 5.25 Å². The van der Waals surface area contributed by atoms with Crippen LogP contribution in [0.3, 0.4) is 0 Å². The molecule has 96 valence electrons. The number of methoxy groups -OCH3 is 2. The highest BCUT2D eigenvalue weighted by Crippen LogP contribution is 2.29. The van der Waals surface area contributed by atoms with E-state index in [2.05, 4.69) is 4.98 Å². The molecule has 2 N–H and O–H groups in total. The minimum Gasteiger partial charge on any atom is -0.493 e. The first-order valence-electron chi connectivity index (χ1n) is 5.27. The second-order valence-electron chi connectivity index (χ2n) is 3.56. The van der Waals surface area contributed by atoms with E-state index in [1.54, 1.807) is 19.4 Å². The van der Waals surface area contributed by atoms with Crippen LogP contribution in [0.5, 0.6) is 11.5 Å². The second kappa shape index (κ2) is 6.56. The summed E-state index contributed by atoms with van der Waals surface area (Å²) in [4.78, 5) is 4.18. The molecule has 0 fully saturated rings. The normalized spacial score (nSPS) is 14.1. The van der Waals surface area contributed by atoms with Gasteiger partial charge in [-0.2, -0.15) is 0 Å². The van der Waals surface area contributed by atoms with Crippen LogP contribution in [0, 0.1) is 0 Å². The largest absolute Gasteiger partial charge is 0.493 e.